The lowest BCUT2D eigenvalue weighted by atomic mass is 9.98. The first-order chi connectivity index (χ1) is 15.5. The standard InChI is InChI=1S/C23H28ClN5O3/c1-4-15-17(30-2)10-18(31-3)20(24)19(15)16-9-14-12-27-23(25)29-21(14)22(28-16)26-11-13-5-7-32-8-6-13/h9-10,12-13H,4-8,11H2,1-3H3,(H,26,28)(H2,25,27,29). The number of methoxy groups -OCH3 is 2. The van der Waals surface area contributed by atoms with E-state index in [0.29, 0.717) is 45.9 Å². The minimum absolute atomic E-state index is 0.205. The fraction of sp³-hybridized carbons (Fsp3) is 0.435. The zero-order valence-electron chi connectivity index (χ0n) is 18.6. The molecule has 4 rings (SSSR count). The Morgan fingerprint density at radius 1 is 1.16 bits per heavy atom. The van der Waals surface area contributed by atoms with Crippen LogP contribution in [0, 0.1) is 5.92 Å². The number of hydrogen-bond donors (Lipinski definition) is 2. The van der Waals surface area contributed by atoms with Gasteiger partial charge in [0.2, 0.25) is 5.95 Å². The van der Waals surface area contributed by atoms with E-state index in [1.807, 2.05) is 6.07 Å². The lowest BCUT2D eigenvalue weighted by molar-refractivity contribution is 0.0699. The number of anilines is 2. The summed E-state index contributed by atoms with van der Waals surface area (Å²) < 4.78 is 16.6. The maximum Gasteiger partial charge on any atom is 0.220 e. The van der Waals surface area contributed by atoms with Crippen LogP contribution in [-0.2, 0) is 11.2 Å². The van der Waals surface area contributed by atoms with Crippen molar-refractivity contribution in [3.8, 4) is 22.8 Å². The average molecular weight is 458 g/mol. The summed E-state index contributed by atoms with van der Waals surface area (Å²) in [5.41, 5.74) is 8.98. The molecule has 9 heteroatoms. The van der Waals surface area contributed by atoms with Crippen molar-refractivity contribution in [1.82, 2.24) is 15.0 Å². The van der Waals surface area contributed by atoms with Gasteiger partial charge < -0.3 is 25.3 Å². The summed E-state index contributed by atoms with van der Waals surface area (Å²) in [6.45, 7) is 4.40. The van der Waals surface area contributed by atoms with Crippen LogP contribution < -0.4 is 20.5 Å². The summed E-state index contributed by atoms with van der Waals surface area (Å²) in [6.07, 6.45) is 4.45. The van der Waals surface area contributed by atoms with Gasteiger partial charge in [0.15, 0.2) is 5.82 Å². The predicted octanol–water partition coefficient (Wildman–Crippen LogP) is 4.35. The van der Waals surface area contributed by atoms with E-state index in [-0.39, 0.29) is 5.95 Å². The van der Waals surface area contributed by atoms with Crippen LogP contribution in [0.1, 0.15) is 25.3 Å². The number of nitrogens with one attached hydrogen (secondary N) is 1. The van der Waals surface area contributed by atoms with Crippen molar-refractivity contribution in [3.63, 3.8) is 0 Å². The van der Waals surface area contributed by atoms with Gasteiger partial charge in [-0.25, -0.2) is 15.0 Å². The Morgan fingerprint density at radius 3 is 2.59 bits per heavy atom. The Kier molecular flexibility index (Phi) is 6.81. The number of rotatable bonds is 7. The van der Waals surface area contributed by atoms with Gasteiger partial charge in [-0.1, -0.05) is 18.5 Å². The number of hydrogen-bond acceptors (Lipinski definition) is 8. The first-order valence-electron chi connectivity index (χ1n) is 10.7. The van der Waals surface area contributed by atoms with Gasteiger partial charge in [0.05, 0.1) is 24.9 Å². The van der Waals surface area contributed by atoms with Crippen molar-refractivity contribution in [2.75, 3.05) is 45.0 Å². The third kappa shape index (κ3) is 4.38. The molecule has 3 aromatic rings. The molecule has 32 heavy (non-hydrogen) atoms. The molecule has 0 radical (unpaired) electrons. The topological polar surface area (TPSA) is 104 Å². The summed E-state index contributed by atoms with van der Waals surface area (Å²) in [4.78, 5) is 13.6. The molecule has 0 saturated carbocycles. The summed E-state index contributed by atoms with van der Waals surface area (Å²) in [6, 6.07) is 3.73. The lowest BCUT2D eigenvalue weighted by Gasteiger charge is -2.23. The third-order valence-corrected chi connectivity index (χ3v) is 6.21. The average Bonchev–Trinajstić information content (AvgIpc) is 2.82. The van der Waals surface area contributed by atoms with Crippen LogP contribution in [-0.4, -0.2) is 48.9 Å². The minimum Gasteiger partial charge on any atom is -0.496 e. The van der Waals surface area contributed by atoms with Crippen LogP contribution in [0.5, 0.6) is 11.5 Å². The number of aromatic nitrogens is 3. The second kappa shape index (κ2) is 9.75. The normalized spacial score (nSPS) is 14.5. The van der Waals surface area contributed by atoms with Gasteiger partial charge in [0.1, 0.15) is 17.0 Å². The molecule has 1 aliphatic rings. The number of halogens is 1. The van der Waals surface area contributed by atoms with Crippen molar-refractivity contribution in [3.05, 3.63) is 28.9 Å². The summed E-state index contributed by atoms with van der Waals surface area (Å²) in [5, 5.41) is 4.80. The monoisotopic (exact) mass is 457 g/mol. The van der Waals surface area contributed by atoms with Gasteiger partial charge in [-0.3, -0.25) is 0 Å². The van der Waals surface area contributed by atoms with Gasteiger partial charge in [-0.2, -0.15) is 0 Å². The molecule has 8 nitrogen and oxygen atoms in total. The number of benzene rings is 1. The molecule has 0 spiro atoms. The van der Waals surface area contributed by atoms with E-state index < -0.39 is 0 Å². The Hall–Kier alpha value is -2.84. The molecule has 0 amide bonds. The van der Waals surface area contributed by atoms with Crippen LogP contribution in [0.2, 0.25) is 5.02 Å². The lowest BCUT2D eigenvalue weighted by Crippen LogP contribution is -2.23. The van der Waals surface area contributed by atoms with Crippen molar-refractivity contribution < 1.29 is 14.2 Å². The van der Waals surface area contributed by atoms with E-state index >= 15 is 0 Å². The van der Waals surface area contributed by atoms with Crippen LogP contribution >= 0.6 is 11.6 Å². The highest BCUT2D eigenvalue weighted by atomic mass is 35.5. The number of nitrogens with two attached hydrogens (primary N) is 1. The van der Waals surface area contributed by atoms with E-state index in [1.165, 1.54) is 0 Å². The minimum atomic E-state index is 0.205. The highest BCUT2D eigenvalue weighted by Crippen LogP contribution is 2.44. The van der Waals surface area contributed by atoms with Crippen molar-refractivity contribution in [1.29, 1.82) is 0 Å². The molecule has 0 bridgehead atoms. The molecule has 0 unspecified atom stereocenters. The zero-order chi connectivity index (χ0) is 22.7. The van der Waals surface area contributed by atoms with Crippen LogP contribution in [0.4, 0.5) is 11.8 Å². The van der Waals surface area contributed by atoms with Crippen molar-refractivity contribution >= 4 is 34.3 Å². The Balaban J connectivity index is 1.85. The van der Waals surface area contributed by atoms with Crippen LogP contribution in [0.25, 0.3) is 22.2 Å². The SMILES string of the molecule is CCc1c(OC)cc(OC)c(Cl)c1-c1cc2cnc(N)nc2c(NCC2CCOCC2)n1. The highest BCUT2D eigenvalue weighted by molar-refractivity contribution is 6.35. The molecule has 1 fully saturated rings. The van der Waals surface area contributed by atoms with Crippen LogP contribution in [0.3, 0.4) is 0 Å². The first kappa shape index (κ1) is 22.4. The van der Waals surface area contributed by atoms with Gasteiger partial charge in [0.25, 0.3) is 0 Å². The zero-order valence-corrected chi connectivity index (χ0v) is 19.3. The smallest absolute Gasteiger partial charge is 0.220 e. The predicted molar refractivity (Wildman–Crippen MR) is 127 cm³/mol. The van der Waals surface area contributed by atoms with Gasteiger partial charge in [-0.05, 0) is 31.2 Å². The number of ether oxygens (including phenoxy) is 3. The molecule has 2 aromatic heterocycles. The molecule has 0 aliphatic carbocycles. The number of pyridine rings is 1. The summed E-state index contributed by atoms with van der Waals surface area (Å²) in [5.74, 6) is 2.60. The van der Waals surface area contributed by atoms with E-state index in [4.69, 9.17) is 36.5 Å². The third-order valence-electron chi connectivity index (χ3n) is 5.83. The van der Waals surface area contributed by atoms with Crippen LogP contribution in [0.15, 0.2) is 18.3 Å². The fourth-order valence-corrected chi connectivity index (χ4v) is 4.44. The molecule has 170 valence electrons. The van der Waals surface area contributed by atoms with Gasteiger partial charge in [-0.15, -0.1) is 0 Å². The first-order valence-corrected chi connectivity index (χ1v) is 11.1. The highest BCUT2D eigenvalue weighted by Gasteiger charge is 2.22. The molecule has 1 saturated heterocycles. The van der Waals surface area contributed by atoms with E-state index in [1.54, 1.807) is 26.5 Å². The van der Waals surface area contributed by atoms with Crippen molar-refractivity contribution in [2.24, 2.45) is 5.92 Å². The van der Waals surface area contributed by atoms with Gasteiger partial charge in [0, 0.05) is 48.5 Å². The Bertz CT molecular complexity index is 1120. The molecule has 1 aliphatic heterocycles. The Morgan fingerprint density at radius 2 is 1.91 bits per heavy atom. The summed E-state index contributed by atoms with van der Waals surface area (Å²) in [7, 11) is 3.22. The molecule has 1 aromatic carbocycles. The Labute approximate surface area is 192 Å². The maximum absolute atomic E-state index is 6.78. The molecule has 0 atom stereocenters. The molecule has 3 heterocycles. The fourth-order valence-electron chi connectivity index (χ4n) is 4.09. The molecular formula is C23H28ClN5O3. The quantitative estimate of drug-likeness (QED) is 0.539. The number of fused-ring (bicyclic) bond motifs is 1. The molecular weight excluding hydrogens is 430 g/mol. The molecule has 3 N–H and O–H groups in total. The summed E-state index contributed by atoms with van der Waals surface area (Å²) >= 11 is 6.78. The van der Waals surface area contributed by atoms with Crippen molar-refractivity contribution in [2.45, 2.75) is 26.2 Å². The number of nitrogen functional groups attached to an aromatic ring is 1. The second-order valence-electron chi connectivity index (χ2n) is 7.76. The van der Waals surface area contributed by atoms with E-state index in [2.05, 4.69) is 22.2 Å². The van der Waals surface area contributed by atoms with Gasteiger partial charge >= 0.3 is 0 Å². The second-order valence-corrected chi connectivity index (χ2v) is 8.14. The van der Waals surface area contributed by atoms with E-state index in [0.717, 1.165) is 49.1 Å². The van der Waals surface area contributed by atoms with E-state index in [9.17, 15) is 0 Å². The maximum atomic E-state index is 6.78. The number of nitrogens with zero attached hydrogens (tertiary/aromatic N) is 3. The largest absolute Gasteiger partial charge is 0.496 e.